The molecule has 0 atom stereocenters. The fourth-order valence-electron chi connectivity index (χ4n) is 5.45. The summed E-state index contributed by atoms with van der Waals surface area (Å²) in [5.74, 6) is 2.55. The van der Waals surface area contributed by atoms with E-state index in [4.69, 9.17) is 9.47 Å². The van der Waals surface area contributed by atoms with Crippen LogP contribution in [-0.2, 0) is 5.41 Å². The first kappa shape index (κ1) is 25.4. The molecular weight excluding hydrogens is 515 g/mol. The zero-order chi connectivity index (χ0) is 21.7. The SMILES string of the molecule is CN=C(NCC1(c2ccc(OC)c(OC)c2)CCCCC1)NC1CCN(C2CC2)CC1.I. The lowest BCUT2D eigenvalue weighted by molar-refractivity contribution is 0.197. The van der Waals surface area contributed by atoms with Gasteiger partial charge in [-0.15, -0.1) is 24.0 Å². The Morgan fingerprint density at radius 1 is 1.03 bits per heavy atom. The van der Waals surface area contributed by atoms with Gasteiger partial charge in [0.05, 0.1) is 14.2 Å². The summed E-state index contributed by atoms with van der Waals surface area (Å²) in [5, 5.41) is 7.39. The third kappa shape index (κ3) is 6.01. The highest BCUT2D eigenvalue weighted by molar-refractivity contribution is 14.0. The number of halogens is 1. The van der Waals surface area contributed by atoms with Crippen LogP contribution in [0.1, 0.15) is 63.4 Å². The molecule has 180 valence electrons. The number of rotatable bonds is 7. The van der Waals surface area contributed by atoms with Crippen LogP contribution < -0.4 is 20.1 Å². The fourth-order valence-corrected chi connectivity index (χ4v) is 5.45. The third-order valence-corrected chi connectivity index (χ3v) is 7.56. The number of nitrogens with zero attached hydrogens (tertiary/aromatic N) is 2. The van der Waals surface area contributed by atoms with Gasteiger partial charge in [0.2, 0.25) is 0 Å². The average molecular weight is 557 g/mol. The molecule has 2 N–H and O–H groups in total. The highest BCUT2D eigenvalue weighted by Crippen LogP contribution is 2.42. The Hall–Kier alpha value is -1.22. The zero-order valence-electron chi connectivity index (χ0n) is 20.0. The number of hydrogen-bond donors (Lipinski definition) is 2. The van der Waals surface area contributed by atoms with Crippen molar-refractivity contribution < 1.29 is 9.47 Å². The van der Waals surface area contributed by atoms with Gasteiger partial charge in [0.15, 0.2) is 17.5 Å². The van der Waals surface area contributed by atoms with Gasteiger partial charge in [0.25, 0.3) is 0 Å². The van der Waals surface area contributed by atoms with E-state index >= 15 is 0 Å². The van der Waals surface area contributed by atoms with E-state index in [2.05, 4.69) is 32.7 Å². The van der Waals surface area contributed by atoms with Crippen molar-refractivity contribution in [1.82, 2.24) is 15.5 Å². The van der Waals surface area contributed by atoms with Crippen molar-refractivity contribution in [2.24, 2.45) is 4.99 Å². The van der Waals surface area contributed by atoms with Crippen molar-refractivity contribution in [3.8, 4) is 11.5 Å². The minimum atomic E-state index is 0. The Balaban J connectivity index is 0.00000289. The maximum Gasteiger partial charge on any atom is 0.191 e. The average Bonchev–Trinajstić information content (AvgIpc) is 3.68. The van der Waals surface area contributed by atoms with E-state index in [0.717, 1.165) is 30.0 Å². The lowest BCUT2D eigenvalue weighted by Gasteiger charge is -2.39. The lowest BCUT2D eigenvalue weighted by Crippen LogP contribution is -2.51. The van der Waals surface area contributed by atoms with E-state index in [-0.39, 0.29) is 29.4 Å². The summed E-state index contributed by atoms with van der Waals surface area (Å²) >= 11 is 0. The molecule has 1 aromatic rings. The molecule has 0 amide bonds. The molecule has 1 saturated heterocycles. The predicted molar refractivity (Wildman–Crippen MR) is 142 cm³/mol. The van der Waals surface area contributed by atoms with Gasteiger partial charge in [-0.05, 0) is 56.2 Å². The van der Waals surface area contributed by atoms with Gasteiger partial charge in [-0.3, -0.25) is 4.99 Å². The van der Waals surface area contributed by atoms with Gasteiger partial charge in [-0.2, -0.15) is 0 Å². The van der Waals surface area contributed by atoms with Gasteiger partial charge in [-0.25, -0.2) is 0 Å². The Morgan fingerprint density at radius 2 is 1.72 bits per heavy atom. The Morgan fingerprint density at radius 3 is 2.31 bits per heavy atom. The largest absolute Gasteiger partial charge is 0.493 e. The Labute approximate surface area is 210 Å². The van der Waals surface area contributed by atoms with Crippen LogP contribution in [0.4, 0.5) is 0 Å². The summed E-state index contributed by atoms with van der Waals surface area (Å²) in [6.45, 7) is 3.33. The molecule has 0 radical (unpaired) electrons. The first-order chi connectivity index (χ1) is 15.2. The van der Waals surface area contributed by atoms with E-state index in [1.807, 2.05) is 13.1 Å². The third-order valence-electron chi connectivity index (χ3n) is 7.56. The van der Waals surface area contributed by atoms with Crippen LogP contribution in [0.5, 0.6) is 11.5 Å². The van der Waals surface area contributed by atoms with Gasteiger partial charge in [0, 0.05) is 44.2 Å². The molecule has 0 bridgehead atoms. The first-order valence-corrected chi connectivity index (χ1v) is 12.1. The summed E-state index contributed by atoms with van der Waals surface area (Å²) in [6, 6.07) is 7.84. The molecule has 7 heteroatoms. The standard InChI is InChI=1S/C25H40N4O2.HI/c1-26-24(28-20-11-15-29(16-12-20)21-8-9-21)27-18-25(13-5-4-6-14-25)19-7-10-22(30-2)23(17-19)31-3;/h7,10,17,20-21H,4-6,8-9,11-16,18H2,1-3H3,(H2,26,27,28);1H. The minimum absolute atomic E-state index is 0. The summed E-state index contributed by atoms with van der Waals surface area (Å²) in [6.07, 6.45) is 11.4. The number of nitrogens with one attached hydrogen (secondary N) is 2. The Kier molecular flexibility index (Phi) is 9.34. The van der Waals surface area contributed by atoms with Gasteiger partial charge >= 0.3 is 0 Å². The molecule has 1 aliphatic heterocycles. The molecule has 2 saturated carbocycles. The monoisotopic (exact) mass is 556 g/mol. The second kappa shape index (κ2) is 11.8. The summed E-state index contributed by atoms with van der Waals surface area (Å²) < 4.78 is 11.1. The second-order valence-electron chi connectivity index (χ2n) is 9.52. The van der Waals surface area contributed by atoms with Crippen LogP contribution in [0.15, 0.2) is 23.2 Å². The van der Waals surface area contributed by atoms with Crippen molar-refractivity contribution in [1.29, 1.82) is 0 Å². The molecule has 0 unspecified atom stereocenters. The molecule has 1 heterocycles. The van der Waals surface area contributed by atoms with Crippen LogP contribution >= 0.6 is 24.0 Å². The van der Waals surface area contributed by atoms with E-state index in [0.29, 0.717) is 6.04 Å². The summed E-state index contributed by atoms with van der Waals surface area (Å²) in [7, 11) is 5.30. The number of methoxy groups -OCH3 is 2. The highest BCUT2D eigenvalue weighted by atomic mass is 127. The fraction of sp³-hybridized carbons (Fsp3) is 0.720. The van der Waals surface area contributed by atoms with Gasteiger partial charge < -0.3 is 25.0 Å². The molecule has 6 nitrogen and oxygen atoms in total. The van der Waals surface area contributed by atoms with Crippen molar-refractivity contribution in [3.63, 3.8) is 0 Å². The maximum absolute atomic E-state index is 5.60. The van der Waals surface area contributed by atoms with Crippen molar-refractivity contribution in [3.05, 3.63) is 23.8 Å². The molecular formula is C25H41IN4O2. The second-order valence-corrected chi connectivity index (χ2v) is 9.52. The number of aliphatic imine (C=N–C) groups is 1. The number of hydrogen-bond acceptors (Lipinski definition) is 4. The quantitative estimate of drug-likeness (QED) is 0.298. The number of piperidine rings is 1. The van der Waals surface area contributed by atoms with Gasteiger partial charge in [0.1, 0.15) is 0 Å². The normalized spacial score (nSPS) is 22.0. The minimum Gasteiger partial charge on any atom is -0.493 e. The summed E-state index contributed by atoms with van der Waals surface area (Å²) in [4.78, 5) is 7.22. The molecule has 2 aliphatic carbocycles. The van der Waals surface area contributed by atoms with Crippen molar-refractivity contribution in [2.75, 3.05) is 40.9 Å². The number of benzene rings is 1. The Bertz CT molecular complexity index is 754. The molecule has 3 aliphatic rings. The van der Waals surface area contributed by atoms with Crippen molar-refractivity contribution >= 4 is 29.9 Å². The topological polar surface area (TPSA) is 58.1 Å². The summed E-state index contributed by atoms with van der Waals surface area (Å²) in [5.41, 5.74) is 1.44. The van der Waals surface area contributed by atoms with E-state index in [9.17, 15) is 0 Å². The zero-order valence-corrected chi connectivity index (χ0v) is 22.3. The van der Waals surface area contributed by atoms with E-state index in [1.165, 1.54) is 76.4 Å². The lowest BCUT2D eigenvalue weighted by atomic mass is 9.69. The van der Waals surface area contributed by atoms with E-state index in [1.54, 1.807) is 14.2 Å². The predicted octanol–water partition coefficient (Wildman–Crippen LogP) is 4.32. The first-order valence-electron chi connectivity index (χ1n) is 12.1. The molecule has 0 spiro atoms. The molecule has 4 rings (SSSR count). The highest BCUT2D eigenvalue weighted by Gasteiger charge is 2.35. The molecule has 0 aromatic heterocycles. The number of guanidine groups is 1. The van der Waals surface area contributed by atoms with Gasteiger partial charge in [-0.1, -0.05) is 25.3 Å². The van der Waals surface area contributed by atoms with E-state index < -0.39 is 0 Å². The maximum atomic E-state index is 5.60. The van der Waals surface area contributed by atoms with Crippen LogP contribution in [-0.4, -0.2) is 63.8 Å². The van der Waals surface area contributed by atoms with Crippen LogP contribution in [0.25, 0.3) is 0 Å². The number of ether oxygens (including phenoxy) is 2. The van der Waals surface area contributed by atoms with Crippen molar-refractivity contribution in [2.45, 2.75) is 75.3 Å². The number of likely N-dealkylation sites (tertiary alicyclic amines) is 1. The molecule has 3 fully saturated rings. The smallest absolute Gasteiger partial charge is 0.191 e. The molecule has 32 heavy (non-hydrogen) atoms. The van der Waals surface area contributed by atoms with Crippen LogP contribution in [0.2, 0.25) is 0 Å². The molecule has 1 aromatic carbocycles. The van der Waals surface area contributed by atoms with Crippen LogP contribution in [0.3, 0.4) is 0 Å². The van der Waals surface area contributed by atoms with Crippen LogP contribution in [0, 0.1) is 0 Å².